The summed E-state index contributed by atoms with van der Waals surface area (Å²) < 4.78 is 0. The van der Waals surface area contributed by atoms with E-state index in [1.54, 1.807) is 18.2 Å². The molecule has 1 rings (SSSR count). The monoisotopic (exact) mass is 317 g/mol. The average Bonchev–Trinajstić information content (AvgIpc) is 2.38. The Balaban J connectivity index is 2.54. The second kappa shape index (κ2) is 8.12. The number of carbonyl (C=O) groups is 2. The van der Waals surface area contributed by atoms with Gasteiger partial charge in [0.15, 0.2) is 0 Å². The van der Waals surface area contributed by atoms with Crippen molar-refractivity contribution >= 4 is 35.1 Å². The SMILES string of the molecule is CCN(CCC(=O)O)C(=O)CCc1ccc(Cl)cc1Cl. The molecule has 6 heteroatoms. The molecule has 1 N–H and O–H groups in total. The number of carboxylic acid groups (broad SMARTS) is 1. The summed E-state index contributed by atoms with van der Waals surface area (Å²) in [7, 11) is 0. The molecule has 0 fully saturated rings. The summed E-state index contributed by atoms with van der Waals surface area (Å²) in [4.78, 5) is 24.1. The summed E-state index contributed by atoms with van der Waals surface area (Å²) >= 11 is 11.9. The molecule has 0 aliphatic rings. The van der Waals surface area contributed by atoms with Gasteiger partial charge in [0.1, 0.15) is 0 Å². The zero-order chi connectivity index (χ0) is 15.1. The molecule has 1 amide bonds. The van der Waals surface area contributed by atoms with Crippen molar-refractivity contribution in [1.29, 1.82) is 0 Å². The van der Waals surface area contributed by atoms with Crippen LogP contribution in [-0.2, 0) is 16.0 Å². The maximum absolute atomic E-state index is 12.0. The third-order valence-electron chi connectivity index (χ3n) is 2.95. The van der Waals surface area contributed by atoms with Gasteiger partial charge in [-0.2, -0.15) is 0 Å². The van der Waals surface area contributed by atoms with E-state index in [0.29, 0.717) is 29.4 Å². The van der Waals surface area contributed by atoms with Gasteiger partial charge in [0.2, 0.25) is 5.91 Å². The minimum atomic E-state index is -0.906. The first-order valence-corrected chi connectivity index (χ1v) is 7.13. The van der Waals surface area contributed by atoms with E-state index >= 15 is 0 Å². The first kappa shape index (κ1) is 16.8. The number of halogens is 2. The van der Waals surface area contributed by atoms with E-state index in [9.17, 15) is 9.59 Å². The van der Waals surface area contributed by atoms with Crippen molar-refractivity contribution in [2.24, 2.45) is 0 Å². The summed E-state index contributed by atoms with van der Waals surface area (Å²) in [6.45, 7) is 2.56. The highest BCUT2D eigenvalue weighted by Gasteiger charge is 2.13. The van der Waals surface area contributed by atoms with Crippen LogP contribution in [0.5, 0.6) is 0 Å². The van der Waals surface area contributed by atoms with Gasteiger partial charge in [0.05, 0.1) is 6.42 Å². The Morgan fingerprint density at radius 3 is 2.50 bits per heavy atom. The molecule has 0 unspecified atom stereocenters. The number of aliphatic carboxylic acids is 1. The van der Waals surface area contributed by atoms with Crippen LogP contribution in [0.3, 0.4) is 0 Å². The van der Waals surface area contributed by atoms with Crippen LogP contribution in [0.2, 0.25) is 10.0 Å². The Morgan fingerprint density at radius 2 is 1.95 bits per heavy atom. The van der Waals surface area contributed by atoms with Crippen LogP contribution in [0, 0.1) is 0 Å². The van der Waals surface area contributed by atoms with Crippen LogP contribution in [0.25, 0.3) is 0 Å². The number of nitrogens with zero attached hydrogens (tertiary/aromatic N) is 1. The first-order chi connectivity index (χ1) is 9.43. The number of carboxylic acids is 1. The minimum Gasteiger partial charge on any atom is -0.481 e. The van der Waals surface area contributed by atoms with Crippen LogP contribution in [0.15, 0.2) is 18.2 Å². The zero-order valence-corrected chi connectivity index (χ0v) is 12.7. The van der Waals surface area contributed by atoms with Gasteiger partial charge in [-0.05, 0) is 31.0 Å². The quantitative estimate of drug-likeness (QED) is 0.839. The first-order valence-electron chi connectivity index (χ1n) is 6.37. The number of carbonyl (C=O) groups excluding carboxylic acids is 1. The Labute approximate surface area is 128 Å². The molecule has 0 saturated carbocycles. The summed E-state index contributed by atoms with van der Waals surface area (Å²) in [5.41, 5.74) is 0.860. The molecular formula is C14H17Cl2NO3. The highest BCUT2D eigenvalue weighted by Crippen LogP contribution is 2.22. The van der Waals surface area contributed by atoms with E-state index in [4.69, 9.17) is 28.3 Å². The predicted octanol–water partition coefficient (Wildman–Crippen LogP) is 3.25. The number of aryl methyl sites for hydroxylation is 1. The number of benzene rings is 1. The lowest BCUT2D eigenvalue weighted by molar-refractivity contribution is -0.138. The average molecular weight is 318 g/mol. The van der Waals surface area contributed by atoms with E-state index in [0.717, 1.165) is 5.56 Å². The van der Waals surface area contributed by atoms with Crippen molar-refractivity contribution in [3.05, 3.63) is 33.8 Å². The van der Waals surface area contributed by atoms with Gasteiger partial charge in [-0.25, -0.2) is 0 Å². The third-order valence-corrected chi connectivity index (χ3v) is 3.54. The number of hydrogen-bond acceptors (Lipinski definition) is 2. The molecule has 0 aliphatic heterocycles. The highest BCUT2D eigenvalue weighted by atomic mass is 35.5. The topological polar surface area (TPSA) is 57.6 Å². The lowest BCUT2D eigenvalue weighted by atomic mass is 10.1. The molecule has 4 nitrogen and oxygen atoms in total. The number of amides is 1. The Kier molecular flexibility index (Phi) is 6.82. The van der Waals surface area contributed by atoms with Crippen molar-refractivity contribution in [1.82, 2.24) is 4.90 Å². The molecule has 0 heterocycles. The van der Waals surface area contributed by atoms with Gasteiger partial charge in [0.25, 0.3) is 0 Å². The molecule has 0 aliphatic carbocycles. The largest absolute Gasteiger partial charge is 0.481 e. The summed E-state index contributed by atoms with van der Waals surface area (Å²) in [5, 5.41) is 9.74. The molecule has 0 spiro atoms. The molecular weight excluding hydrogens is 301 g/mol. The van der Waals surface area contributed by atoms with Crippen LogP contribution >= 0.6 is 23.2 Å². The van der Waals surface area contributed by atoms with Crippen molar-refractivity contribution in [2.75, 3.05) is 13.1 Å². The van der Waals surface area contributed by atoms with Crippen LogP contribution in [-0.4, -0.2) is 35.0 Å². The van der Waals surface area contributed by atoms with Gasteiger partial charge >= 0.3 is 5.97 Å². The summed E-state index contributed by atoms with van der Waals surface area (Å²) in [6.07, 6.45) is 0.772. The second-order valence-corrected chi connectivity index (χ2v) is 5.20. The summed E-state index contributed by atoms with van der Waals surface area (Å²) in [6, 6.07) is 5.17. The normalized spacial score (nSPS) is 10.3. The lowest BCUT2D eigenvalue weighted by Gasteiger charge is -2.20. The van der Waals surface area contributed by atoms with Crippen LogP contribution < -0.4 is 0 Å². The smallest absolute Gasteiger partial charge is 0.305 e. The lowest BCUT2D eigenvalue weighted by Crippen LogP contribution is -2.33. The molecule has 1 aromatic carbocycles. The van der Waals surface area contributed by atoms with Crippen LogP contribution in [0.4, 0.5) is 0 Å². The van der Waals surface area contributed by atoms with E-state index in [1.165, 1.54) is 4.90 Å². The van der Waals surface area contributed by atoms with Crippen molar-refractivity contribution < 1.29 is 14.7 Å². The van der Waals surface area contributed by atoms with Crippen molar-refractivity contribution in [3.63, 3.8) is 0 Å². The minimum absolute atomic E-state index is 0.0404. The van der Waals surface area contributed by atoms with Crippen molar-refractivity contribution in [2.45, 2.75) is 26.2 Å². The van der Waals surface area contributed by atoms with Gasteiger partial charge in [-0.1, -0.05) is 29.3 Å². The molecule has 0 radical (unpaired) electrons. The Morgan fingerprint density at radius 1 is 1.25 bits per heavy atom. The third kappa shape index (κ3) is 5.39. The van der Waals surface area contributed by atoms with Gasteiger partial charge < -0.3 is 10.0 Å². The molecule has 20 heavy (non-hydrogen) atoms. The predicted molar refractivity (Wildman–Crippen MR) is 79.3 cm³/mol. The fraction of sp³-hybridized carbons (Fsp3) is 0.429. The second-order valence-electron chi connectivity index (χ2n) is 4.35. The molecule has 0 saturated heterocycles. The highest BCUT2D eigenvalue weighted by molar-refractivity contribution is 6.35. The summed E-state index contributed by atoms with van der Waals surface area (Å²) in [5.74, 6) is -0.975. The van der Waals surface area contributed by atoms with E-state index in [-0.39, 0.29) is 18.9 Å². The molecule has 0 bridgehead atoms. The maximum Gasteiger partial charge on any atom is 0.305 e. The Hall–Kier alpha value is -1.26. The molecule has 0 atom stereocenters. The molecule has 110 valence electrons. The Bertz CT molecular complexity index is 491. The zero-order valence-electron chi connectivity index (χ0n) is 11.2. The number of hydrogen-bond donors (Lipinski definition) is 1. The molecule has 1 aromatic rings. The van der Waals surface area contributed by atoms with E-state index < -0.39 is 5.97 Å². The van der Waals surface area contributed by atoms with Crippen LogP contribution in [0.1, 0.15) is 25.3 Å². The maximum atomic E-state index is 12.0. The van der Waals surface area contributed by atoms with Gasteiger partial charge in [0, 0.05) is 29.6 Å². The molecule has 0 aromatic heterocycles. The fourth-order valence-electron chi connectivity index (χ4n) is 1.81. The van der Waals surface area contributed by atoms with Crippen molar-refractivity contribution in [3.8, 4) is 0 Å². The van der Waals surface area contributed by atoms with E-state index in [2.05, 4.69) is 0 Å². The van der Waals surface area contributed by atoms with Gasteiger partial charge in [-0.3, -0.25) is 9.59 Å². The fourth-order valence-corrected chi connectivity index (χ4v) is 2.32. The van der Waals surface area contributed by atoms with Gasteiger partial charge in [-0.15, -0.1) is 0 Å². The number of rotatable bonds is 7. The van der Waals surface area contributed by atoms with E-state index in [1.807, 2.05) is 6.92 Å². The standard InChI is InChI=1S/C14H17Cl2NO3/c1-2-17(8-7-14(19)20)13(18)6-4-10-3-5-11(15)9-12(10)16/h3,5,9H,2,4,6-8H2,1H3,(H,19,20).